The molecule has 0 aliphatic rings. The molecule has 202 valence electrons. The Hall–Kier alpha value is -1.93. The van der Waals surface area contributed by atoms with Gasteiger partial charge in [0.2, 0.25) is 5.91 Å². The third-order valence-electron chi connectivity index (χ3n) is 5.00. The van der Waals surface area contributed by atoms with Crippen LogP contribution in [-0.2, 0) is 26.0 Å². The highest BCUT2D eigenvalue weighted by Crippen LogP contribution is 2.40. The Kier molecular flexibility index (Phi) is 11.2. The molecule has 0 aliphatic heterocycles. The van der Waals surface area contributed by atoms with E-state index < -0.39 is 44.4 Å². The molecule has 0 aliphatic carbocycles. The van der Waals surface area contributed by atoms with E-state index in [4.69, 9.17) is 68.4 Å². The summed E-state index contributed by atoms with van der Waals surface area (Å²) >= 11 is 28.9. The van der Waals surface area contributed by atoms with Gasteiger partial charge < -0.3 is 21.9 Å². The van der Waals surface area contributed by atoms with E-state index >= 15 is 0 Å². The summed E-state index contributed by atoms with van der Waals surface area (Å²) in [7, 11) is -4.35. The number of nitrogens with one attached hydrogen (secondary N) is 2. The first kappa shape index (κ1) is 31.3. The van der Waals surface area contributed by atoms with E-state index in [2.05, 4.69) is 17.9 Å². The molecule has 0 saturated heterocycles. The lowest BCUT2D eigenvalue weighted by Gasteiger charge is -2.21. The van der Waals surface area contributed by atoms with Gasteiger partial charge in [0.15, 0.2) is 15.8 Å². The quantitative estimate of drug-likeness (QED) is 0.123. The number of carbonyl (C=O) groups excluding carboxylic acids is 1. The average molecular weight is 631 g/mol. The second kappa shape index (κ2) is 13.2. The third-order valence-corrected chi connectivity index (χ3v) is 8.44. The van der Waals surface area contributed by atoms with Crippen molar-refractivity contribution in [1.29, 1.82) is 5.41 Å². The molecule has 7 N–H and O–H groups in total. The standard InChI is InChI=1S/C21H23Cl4N5O5S2/c22-11-4-10(5-12(23)6-11)8-29-18-13(24)7-15(17(25)19(18)36)37(34,35)9-16(31)30(21(27)28)3-1-2-14(26)20(32)33/h4-7,14,29,36H,1-3,8-9,26H2,(H3,27,28)(H,32,33). The minimum absolute atomic E-state index is 0.0144. The number of sulfone groups is 1. The minimum Gasteiger partial charge on any atom is -0.480 e. The lowest BCUT2D eigenvalue weighted by Crippen LogP contribution is -2.45. The highest BCUT2D eigenvalue weighted by atomic mass is 35.5. The molecule has 37 heavy (non-hydrogen) atoms. The summed E-state index contributed by atoms with van der Waals surface area (Å²) in [5.41, 5.74) is 11.8. The van der Waals surface area contributed by atoms with Gasteiger partial charge in [-0.25, -0.2) is 8.42 Å². The molecular weight excluding hydrogens is 608 g/mol. The molecule has 16 heteroatoms. The SMILES string of the molecule is N=C(N)N(CCCC(N)C(=O)O)C(=O)CS(=O)(=O)c1cc(Cl)c(NCc2cc(Cl)cc(Cl)c2)c(S)c1Cl. The van der Waals surface area contributed by atoms with Crippen LogP contribution in [0.4, 0.5) is 5.69 Å². The van der Waals surface area contributed by atoms with Gasteiger partial charge in [0, 0.05) is 28.0 Å². The first-order valence-corrected chi connectivity index (χ1v) is 14.0. The minimum atomic E-state index is -4.35. The molecule has 0 fully saturated rings. The summed E-state index contributed by atoms with van der Waals surface area (Å²) in [4.78, 5) is 23.8. The van der Waals surface area contributed by atoms with Gasteiger partial charge in [0.05, 0.1) is 20.6 Å². The summed E-state index contributed by atoms with van der Waals surface area (Å²) in [5.74, 6) is -4.02. The first-order chi connectivity index (χ1) is 17.1. The zero-order chi connectivity index (χ0) is 28.1. The Morgan fingerprint density at radius 3 is 2.27 bits per heavy atom. The van der Waals surface area contributed by atoms with E-state index in [0.717, 1.165) is 11.0 Å². The van der Waals surface area contributed by atoms with E-state index in [-0.39, 0.29) is 46.6 Å². The van der Waals surface area contributed by atoms with Crippen molar-refractivity contribution >= 4 is 92.4 Å². The van der Waals surface area contributed by atoms with Crippen LogP contribution in [0, 0.1) is 5.41 Å². The van der Waals surface area contributed by atoms with E-state index in [1.165, 1.54) is 0 Å². The Morgan fingerprint density at radius 2 is 1.73 bits per heavy atom. The van der Waals surface area contributed by atoms with Gasteiger partial charge in [-0.15, -0.1) is 12.6 Å². The second-order valence-electron chi connectivity index (χ2n) is 7.80. The van der Waals surface area contributed by atoms with Crippen LogP contribution in [-0.4, -0.2) is 54.6 Å². The number of amides is 1. The van der Waals surface area contributed by atoms with Crippen molar-refractivity contribution < 1.29 is 23.1 Å². The summed E-state index contributed by atoms with van der Waals surface area (Å²) < 4.78 is 26.1. The first-order valence-electron chi connectivity index (χ1n) is 10.4. The van der Waals surface area contributed by atoms with Gasteiger partial charge in [-0.3, -0.25) is 19.9 Å². The number of aliphatic carboxylic acids is 1. The number of hydrogen-bond acceptors (Lipinski definition) is 8. The highest BCUT2D eigenvalue weighted by molar-refractivity contribution is 7.92. The van der Waals surface area contributed by atoms with Crippen molar-refractivity contribution in [2.24, 2.45) is 11.5 Å². The van der Waals surface area contributed by atoms with Crippen molar-refractivity contribution in [3.05, 3.63) is 49.9 Å². The number of halogens is 4. The molecule has 1 atom stereocenters. The number of hydrogen-bond donors (Lipinski definition) is 6. The Balaban J connectivity index is 2.22. The average Bonchev–Trinajstić information content (AvgIpc) is 2.77. The number of carboxylic acid groups (broad SMARTS) is 1. The predicted molar refractivity (Wildman–Crippen MR) is 148 cm³/mol. The molecule has 1 unspecified atom stereocenters. The van der Waals surface area contributed by atoms with Gasteiger partial charge in [-0.05, 0) is 42.7 Å². The van der Waals surface area contributed by atoms with E-state index in [1.54, 1.807) is 18.2 Å². The van der Waals surface area contributed by atoms with Crippen molar-refractivity contribution in [3.8, 4) is 0 Å². The summed E-state index contributed by atoms with van der Waals surface area (Å²) in [6.07, 6.45) is 0.0594. The number of guanidine groups is 1. The van der Waals surface area contributed by atoms with Gasteiger partial charge in [0.1, 0.15) is 11.8 Å². The fourth-order valence-electron chi connectivity index (χ4n) is 3.18. The molecular formula is C21H23Cl4N5O5S2. The summed E-state index contributed by atoms with van der Waals surface area (Å²) in [6, 6.07) is 4.83. The second-order valence-corrected chi connectivity index (χ2v) is 11.9. The molecule has 0 bridgehead atoms. The third kappa shape index (κ3) is 8.54. The Bertz CT molecular complexity index is 1310. The van der Waals surface area contributed by atoms with Crippen molar-refractivity contribution in [2.45, 2.75) is 35.2 Å². The van der Waals surface area contributed by atoms with Crippen LogP contribution >= 0.6 is 59.0 Å². The molecule has 0 radical (unpaired) electrons. The normalized spacial score (nSPS) is 12.2. The molecule has 2 aromatic rings. The maximum absolute atomic E-state index is 13.0. The van der Waals surface area contributed by atoms with Crippen LogP contribution in [0.1, 0.15) is 18.4 Å². The molecule has 0 spiro atoms. The maximum Gasteiger partial charge on any atom is 0.320 e. The van der Waals surface area contributed by atoms with E-state index in [9.17, 15) is 18.0 Å². The van der Waals surface area contributed by atoms with Crippen LogP contribution in [0.15, 0.2) is 34.1 Å². The Morgan fingerprint density at radius 1 is 1.14 bits per heavy atom. The van der Waals surface area contributed by atoms with Crippen molar-refractivity contribution in [2.75, 3.05) is 17.6 Å². The number of anilines is 1. The van der Waals surface area contributed by atoms with Gasteiger partial charge in [-0.1, -0.05) is 46.4 Å². The molecule has 10 nitrogen and oxygen atoms in total. The zero-order valence-corrected chi connectivity index (χ0v) is 23.7. The molecule has 0 heterocycles. The topological polar surface area (TPSA) is 180 Å². The van der Waals surface area contributed by atoms with Gasteiger partial charge >= 0.3 is 5.97 Å². The highest BCUT2D eigenvalue weighted by Gasteiger charge is 2.29. The number of carboxylic acids is 1. The fraction of sp³-hybridized carbons (Fsp3) is 0.286. The zero-order valence-electron chi connectivity index (χ0n) is 19.0. The number of thiol groups is 1. The molecule has 0 aromatic heterocycles. The molecule has 0 saturated carbocycles. The van der Waals surface area contributed by atoms with E-state index in [0.29, 0.717) is 15.6 Å². The van der Waals surface area contributed by atoms with Gasteiger partial charge in [0.25, 0.3) is 0 Å². The van der Waals surface area contributed by atoms with Crippen LogP contribution < -0.4 is 16.8 Å². The predicted octanol–water partition coefficient (Wildman–Crippen LogP) is 3.89. The number of rotatable bonds is 11. The lowest BCUT2D eigenvalue weighted by atomic mass is 10.1. The van der Waals surface area contributed by atoms with Crippen molar-refractivity contribution in [1.82, 2.24) is 4.90 Å². The number of carbonyl (C=O) groups is 2. The molecule has 2 aromatic carbocycles. The monoisotopic (exact) mass is 629 g/mol. The molecule has 1 amide bonds. The van der Waals surface area contributed by atoms with Gasteiger partial charge in [-0.2, -0.15) is 0 Å². The fourth-order valence-corrected chi connectivity index (χ4v) is 6.36. The Labute approximate surface area is 239 Å². The summed E-state index contributed by atoms with van der Waals surface area (Å²) in [6.45, 7) is 0.0148. The number of nitrogens with two attached hydrogens (primary N) is 2. The van der Waals surface area contributed by atoms with Crippen LogP contribution in [0.3, 0.4) is 0 Å². The van der Waals surface area contributed by atoms with Crippen LogP contribution in [0.2, 0.25) is 20.1 Å². The van der Waals surface area contributed by atoms with Crippen molar-refractivity contribution in [3.63, 3.8) is 0 Å². The van der Waals surface area contributed by atoms with E-state index in [1.807, 2.05) is 0 Å². The smallest absolute Gasteiger partial charge is 0.320 e. The lowest BCUT2D eigenvalue weighted by molar-refractivity contribution is -0.138. The maximum atomic E-state index is 13.0. The largest absolute Gasteiger partial charge is 0.480 e. The molecule has 2 rings (SSSR count). The van der Waals surface area contributed by atoms with Crippen LogP contribution in [0.5, 0.6) is 0 Å². The van der Waals surface area contributed by atoms with Crippen LogP contribution in [0.25, 0.3) is 0 Å². The summed E-state index contributed by atoms with van der Waals surface area (Å²) in [5, 5.41) is 20.0. The number of benzene rings is 2. The number of nitrogens with zero attached hydrogens (tertiary/aromatic N) is 1.